The summed E-state index contributed by atoms with van der Waals surface area (Å²) in [5, 5.41) is 2.70. The summed E-state index contributed by atoms with van der Waals surface area (Å²) in [6, 6.07) is 0. The van der Waals surface area contributed by atoms with Gasteiger partial charge in [0, 0.05) is 6.42 Å². The van der Waals surface area contributed by atoms with Crippen LogP contribution in [0, 0.1) is 0 Å². The third-order valence-electron chi connectivity index (χ3n) is 2.11. The standard InChI is InChI=1S/C9H17Cl3N2O/c1-4-7(15)13-8(9(10,11)12)14(5-2)6-3/h8H,4-6H2,1-3H3,(H,13,15). The van der Waals surface area contributed by atoms with Gasteiger partial charge in [-0.05, 0) is 13.1 Å². The van der Waals surface area contributed by atoms with Crippen LogP contribution in [-0.2, 0) is 4.79 Å². The molecule has 0 saturated carbocycles. The predicted molar refractivity (Wildman–Crippen MR) is 65.4 cm³/mol. The molecule has 1 N–H and O–H groups in total. The minimum Gasteiger partial charge on any atom is -0.337 e. The third-order valence-corrected chi connectivity index (χ3v) is 2.73. The second-order valence-corrected chi connectivity index (χ2v) is 5.46. The Labute approximate surface area is 106 Å². The normalized spacial score (nSPS) is 14.1. The molecule has 0 rings (SSSR count). The molecule has 1 amide bonds. The van der Waals surface area contributed by atoms with E-state index in [0.29, 0.717) is 19.5 Å². The van der Waals surface area contributed by atoms with Crippen molar-refractivity contribution in [1.82, 2.24) is 10.2 Å². The van der Waals surface area contributed by atoms with Crippen molar-refractivity contribution in [3.63, 3.8) is 0 Å². The quantitative estimate of drug-likeness (QED) is 0.618. The molecule has 0 aromatic rings. The molecule has 90 valence electrons. The van der Waals surface area contributed by atoms with Gasteiger partial charge >= 0.3 is 0 Å². The molecule has 3 nitrogen and oxygen atoms in total. The molecule has 0 aromatic heterocycles. The van der Waals surface area contributed by atoms with E-state index in [4.69, 9.17) is 34.8 Å². The van der Waals surface area contributed by atoms with E-state index in [-0.39, 0.29) is 5.91 Å². The van der Waals surface area contributed by atoms with Crippen LogP contribution in [0.25, 0.3) is 0 Å². The van der Waals surface area contributed by atoms with Crippen LogP contribution in [0.4, 0.5) is 0 Å². The van der Waals surface area contributed by atoms with E-state index >= 15 is 0 Å². The molecule has 0 saturated heterocycles. The van der Waals surface area contributed by atoms with Gasteiger partial charge in [0.15, 0.2) is 0 Å². The fraction of sp³-hybridized carbons (Fsp3) is 0.889. The zero-order chi connectivity index (χ0) is 12.1. The molecule has 15 heavy (non-hydrogen) atoms. The minimum absolute atomic E-state index is 0.127. The van der Waals surface area contributed by atoms with Crippen molar-refractivity contribution in [3.8, 4) is 0 Å². The topological polar surface area (TPSA) is 32.3 Å². The molecule has 1 unspecified atom stereocenters. The molecule has 0 radical (unpaired) electrons. The highest BCUT2D eigenvalue weighted by molar-refractivity contribution is 6.68. The average Bonchev–Trinajstić information content (AvgIpc) is 2.16. The number of hydrogen-bond donors (Lipinski definition) is 1. The van der Waals surface area contributed by atoms with Gasteiger partial charge in [0.05, 0.1) is 0 Å². The largest absolute Gasteiger partial charge is 0.337 e. The first-order valence-electron chi connectivity index (χ1n) is 4.96. The van der Waals surface area contributed by atoms with Gasteiger partial charge in [-0.25, -0.2) is 0 Å². The first kappa shape index (κ1) is 15.3. The fourth-order valence-corrected chi connectivity index (χ4v) is 1.80. The number of amides is 1. The SMILES string of the molecule is CCC(=O)NC(N(CC)CC)C(Cl)(Cl)Cl. The zero-order valence-electron chi connectivity index (χ0n) is 9.19. The van der Waals surface area contributed by atoms with Gasteiger partial charge in [0.1, 0.15) is 6.17 Å². The number of halogens is 3. The van der Waals surface area contributed by atoms with Crippen LogP contribution < -0.4 is 5.32 Å². The number of carbonyl (C=O) groups is 1. The maximum Gasteiger partial charge on any atom is 0.223 e. The lowest BCUT2D eigenvalue weighted by atomic mass is 10.3. The van der Waals surface area contributed by atoms with Crippen molar-refractivity contribution in [2.24, 2.45) is 0 Å². The van der Waals surface area contributed by atoms with E-state index in [1.54, 1.807) is 6.92 Å². The predicted octanol–water partition coefficient (Wildman–Crippen LogP) is 2.55. The van der Waals surface area contributed by atoms with Gasteiger partial charge in [0.2, 0.25) is 9.70 Å². The summed E-state index contributed by atoms with van der Waals surface area (Å²) in [6.07, 6.45) is -0.205. The number of hydrogen-bond acceptors (Lipinski definition) is 2. The average molecular weight is 276 g/mol. The van der Waals surface area contributed by atoms with E-state index in [2.05, 4.69) is 5.32 Å². The minimum atomic E-state index is -1.52. The molecule has 0 bridgehead atoms. The number of carbonyl (C=O) groups excluding carboxylic acids is 1. The molecule has 0 aliphatic carbocycles. The van der Waals surface area contributed by atoms with Gasteiger partial charge in [-0.15, -0.1) is 0 Å². The summed E-state index contributed by atoms with van der Waals surface area (Å²) in [6.45, 7) is 7.07. The number of nitrogens with zero attached hydrogens (tertiary/aromatic N) is 1. The molecule has 6 heteroatoms. The van der Waals surface area contributed by atoms with Crippen LogP contribution in [0.1, 0.15) is 27.2 Å². The van der Waals surface area contributed by atoms with Gasteiger partial charge < -0.3 is 5.32 Å². The molecule has 0 heterocycles. The fourth-order valence-electron chi connectivity index (χ4n) is 1.22. The molecular formula is C9H17Cl3N2O. The smallest absolute Gasteiger partial charge is 0.223 e. The van der Waals surface area contributed by atoms with Gasteiger partial charge in [0.25, 0.3) is 0 Å². The lowest BCUT2D eigenvalue weighted by Gasteiger charge is -2.34. The summed E-state index contributed by atoms with van der Waals surface area (Å²) in [5.41, 5.74) is 0. The molecule has 0 fully saturated rings. The van der Waals surface area contributed by atoms with Gasteiger partial charge in [-0.3, -0.25) is 9.69 Å². The Bertz CT molecular complexity index is 202. The highest BCUT2D eigenvalue weighted by atomic mass is 35.6. The summed E-state index contributed by atoms with van der Waals surface area (Å²) in [5.74, 6) is -0.127. The van der Waals surface area contributed by atoms with E-state index < -0.39 is 9.96 Å². The van der Waals surface area contributed by atoms with Crippen molar-refractivity contribution in [2.75, 3.05) is 13.1 Å². The lowest BCUT2D eigenvalue weighted by molar-refractivity contribution is -0.122. The Kier molecular flexibility index (Phi) is 6.93. The Morgan fingerprint density at radius 2 is 1.73 bits per heavy atom. The Balaban J connectivity index is 4.65. The maximum atomic E-state index is 11.3. The van der Waals surface area contributed by atoms with Crippen LogP contribution in [0.3, 0.4) is 0 Å². The molecule has 0 aromatic carbocycles. The molecule has 0 spiro atoms. The Morgan fingerprint density at radius 3 is 2.00 bits per heavy atom. The maximum absolute atomic E-state index is 11.3. The summed E-state index contributed by atoms with van der Waals surface area (Å²) >= 11 is 17.5. The van der Waals surface area contributed by atoms with E-state index in [1.807, 2.05) is 18.7 Å². The van der Waals surface area contributed by atoms with E-state index in [1.165, 1.54) is 0 Å². The Morgan fingerprint density at radius 1 is 1.27 bits per heavy atom. The van der Waals surface area contributed by atoms with Crippen LogP contribution in [-0.4, -0.2) is 33.9 Å². The monoisotopic (exact) mass is 274 g/mol. The third kappa shape index (κ3) is 5.25. The Hall–Kier alpha value is 0.300. The van der Waals surface area contributed by atoms with Crippen molar-refractivity contribution in [3.05, 3.63) is 0 Å². The molecule has 0 aliphatic heterocycles. The number of rotatable bonds is 5. The number of nitrogens with one attached hydrogen (secondary N) is 1. The molecular weight excluding hydrogens is 258 g/mol. The summed E-state index contributed by atoms with van der Waals surface area (Å²) in [7, 11) is 0. The van der Waals surface area contributed by atoms with Gasteiger partial charge in [-0.2, -0.15) is 0 Å². The first-order valence-corrected chi connectivity index (χ1v) is 6.10. The van der Waals surface area contributed by atoms with E-state index in [9.17, 15) is 4.79 Å². The lowest BCUT2D eigenvalue weighted by Crippen LogP contribution is -2.55. The highest BCUT2D eigenvalue weighted by Crippen LogP contribution is 2.32. The highest BCUT2D eigenvalue weighted by Gasteiger charge is 2.36. The zero-order valence-corrected chi connectivity index (χ0v) is 11.5. The van der Waals surface area contributed by atoms with Crippen molar-refractivity contribution < 1.29 is 4.79 Å². The number of alkyl halides is 3. The van der Waals surface area contributed by atoms with Crippen LogP contribution >= 0.6 is 34.8 Å². The summed E-state index contributed by atoms with van der Waals surface area (Å²) in [4.78, 5) is 13.2. The summed E-state index contributed by atoms with van der Waals surface area (Å²) < 4.78 is -1.52. The molecule has 1 atom stereocenters. The van der Waals surface area contributed by atoms with Crippen molar-refractivity contribution in [2.45, 2.75) is 37.2 Å². The van der Waals surface area contributed by atoms with Crippen molar-refractivity contribution in [1.29, 1.82) is 0 Å². The van der Waals surface area contributed by atoms with Crippen LogP contribution in [0.15, 0.2) is 0 Å². The van der Waals surface area contributed by atoms with Crippen LogP contribution in [0.5, 0.6) is 0 Å². The van der Waals surface area contributed by atoms with Gasteiger partial charge in [-0.1, -0.05) is 55.6 Å². The van der Waals surface area contributed by atoms with Crippen molar-refractivity contribution >= 4 is 40.7 Å². The van der Waals surface area contributed by atoms with Crippen LogP contribution in [0.2, 0.25) is 0 Å². The second kappa shape index (κ2) is 6.79. The van der Waals surface area contributed by atoms with E-state index in [0.717, 1.165) is 0 Å². The molecule has 0 aliphatic rings. The first-order chi connectivity index (χ1) is 6.86. The second-order valence-electron chi connectivity index (χ2n) is 3.09.